The van der Waals surface area contributed by atoms with Gasteiger partial charge in [0.2, 0.25) is 0 Å². The monoisotopic (exact) mass is 389 g/mol. The van der Waals surface area contributed by atoms with Crippen molar-refractivity contribution in [3.63, 3.8) is 0 Å². The molecule has 0 radical (unpaired) electrons. The van der Waals surface area contributed by atoms with E-state index in [1.807, 2.05) is 6.92 Å². The minimum atomic E-state index is -1.14. The van der Waals surface area contributed by atoms with Gasteiger partial charge < -0.3 is 19.3 Å². The number of aryl methyl sites for hydroxylation is 2. The fourth-order valence-electron chi connectivity index (χ4n) is 2.28. The van der Waals surface area contributed by atoms with Crippen molar-refractivity contribution < 1.29 is 28.4 Å². The van der Waals surface area contributed by atoms with Gasteiger partial charge in [0.15, 0.2) is 6.10 Å². The summed E-state index contributed by atoms with van der Waals surface area (Å²) in [4.78, 5) is 35.5. The van der Waals surface area contributed by atoms with E-state index >= 15 is 0 Å². The largest absolute Gasteiger partial charge is 0.489 e. The van der Waals surface area contributed by atoms with Crippen molar-refractivity contribution in [2.75, 3.05) is 6.54 Å². The summed E-state index contributed by atoms with van der Waals surface area (Å²) >= 11 is 0. The first-order valence-corrected chi connectivity index (χ1v) is 8.76. The maximum absolute atomic E-state index is 12.3. The molecule has 1 aromatic heterocycles. The van der Waals surface area contributed by atoms with E-state index in [4.69, 9.17) is 14.0 Å². The molecular weight excluding hydrogens is 366 g/mol. The average molecular weight is 389 g/mol. The van der Waals surface area contributed by atoms with Crippen LogP contribution < -0.4 is 15.4 Å². The van der Waals surface area contributed by atoms with Gasteiger partial charge in [-0.1, -0.05) is 11.2 Å². The molecule has 0 aliphatic heterocycles. The van der Waals surface area contributed by atoms with E-state index in [0.717, 1.165) is 11.3 Å². The fraction of sp³-hybridized carbons (Fsp3) is 0.368. The zero-order valence-corrected chi connectivity index (χ0v) is 16.2. The van der Waals surface area contributed by atoms with Gasteiger partial charge in [0.05, 0.1) is 16.8 Å². The lowest BCUT2D eigenvalue weighted by Gasteiger charge is -2.13. The van der Waals surface area contributed by atoms with Crippen LogP contribution in [0.5, 0.6) is 5.75 Å². The van der Waals surface area contributed by atoms with Crippen molar-refractivity contribution in [1.82, 2.24) is 15.8 Å². The second-order valence-corrected chi connectivity index (χ2v) is 6.02. The zero-order valence-electron chi connectivity index (χ0n) is 16.2. The first-order valence-electron chi connectivity index (χ1n) is 8.76. The molecule has 3 amide bonds. The molecule has 0 saturated carbocycles. The topological polar surface area (TPSA) is 120 Å². The molecule has 2 rings (SSSR count). The van der Waals surface area contributed by atoms with Crippen LogP contribution in [0.4, 0.5) is 4.79 Å². The van der Waals surface area contributed by atoms with Gasteiger partial charge in [-0.3, -0.25) is 10.1 Å². The summed E-state index contributed by atoms with van der Waals surface area (Å²) in [6.07, 6.45) is -1.14. The molecule has 0 aliphatic carbocycles. The van der Waals surface area contributed by atoms with Crippen molar-refractivity contribution in [1.29, 1.82) is 0 Å². The molecule has 0 saturated heterocycles. The summed E-state index contributed by atoms with van der Waals surface area (Å²) in [5.41, 5.74) is 1.79. The van der Waals surface area contributed by atoms with E-state index in [1.165, 1.54) is 13.0 Å². The molecule has 0 unspecified atom stereocenters. The summed E-state index contributed by atoms with van der Waals surface area (Å²) in [5, 5.41) is 8.37. The number of hydrogen-bond acceptors (Lipinski definition) is 7. The number of nitrogens with one attached hydrogen (secondary N) is 2. The Morgan fingerprint density at radius 2 is 2.00 bits per heavy atom. The number of carbonyl (C=O) groups is 3. The van der Waals surface area contributed by atoms with Crippen LogP contribution in [0.25, 0.3) is 0 Å². The van der Waals surface area contributed by atoms with E-state index in [2.05, 4.69) is 15.8 Å². The Kier molecular flexibility index (Phi) is 7.14. The second-order valence-electron chi connectivity index (χ2n) is 6.02. The number of nitrogens with zero attached hydrogens (tertiary/aromatic N) is 1. The van der Waals surface area contributed by atoms with Gasteiger partial charge >= 0.3 is 12.0 Å². The quantitative estimate of drug-likeness (QED) is 0.697. The minimum Gasteiger partial charge on any atom is -0.489 e. The molecule has 0 spiro atoms. The van der Waals surface area contributed by atoms with Gasteiger partial charge in [0.1, 0.15) is 18.1 Å². The zero-order chi connectivity index (χ0) is 20.7. The Bertz CT molecular complexity index is 842. The van der Waals surface area contributed by atoms with Crippen LogP contribution in [0.15, 0.2) is 28.8 Å². The first kappa shape index (κ1) is 20.9. The van der Waals surface area contributed by atoms with E-state index < -0.39 is 24.0 Å². The van der Waals surface area contributed by atoms with Crippen LogP contribution in [0, 0.1) is 13.8 Å². The molecular formula is C19H23N3O6. The second kappa shape index (κ2) is 9.54. The third kappa shape index (κ3) is 5.57. The third-order valence-electron chi connectivity index (χ3n) is 3.86. The van der Waals surface area contributed by atoms with Gasteiger partial charge in [0, 0.05) is 6.54 Å². The Morgan fingerprint density at radius 1 is 1.25 bits per heavy atom. The molecule has 0 bridgehead atoms. The molecule has 0 fully saturated rings. The number of urea groups is 1. The molecule has 9 nitrogen and oxygen atoms in total. The van der Waals surface area contributed by atoms with Crippen molar-refractivity contribution in [2.24, 2.45) is 0 Å². The first-order chi connectivity index (χ1) is 13.3. The maximum atomic E-state index is 12.3. The van der Waals surface area contributed by atoms with Crippen LogP contribution in [-0.2, 0) is 16.1 Å². The van der Waals surface area contributed by atoms with Crippen molar-refractivity contribution >= 4 is 17.9 Å². The maximum Gasteiger partial charge on any atom is 0.339 e. The summed E-state index contributed by atoms with van der Waals surface area (Å²) in [5.74, 6) is -0.305. The number of aromatic nitrogens is 1. The predicted octanol–water partition coefficient (Wildman–Crippen LogP) is 2.26. The van der Waals surface area contributed by atoms with Crippen molar-refractivity contribution in [3.8, 4) is 5.75 Å². The highest BCUT2D eigenvalue weighted by Crippen LogP contribution is 2.19. The lowest BCUT2D eigenvalue weighted by atomic mass is 10.2. The van der Waals surface area contributed by atoms with E-state index in [9.17, 15) is 14.4 Å². The predicted molar refractivity (Wildman–Crippen MR) is 98.8 cm³/mol. The molecule has 2 aromatic rings. The summed E-state index contributed by atoms with van der Waals surface area (Å²) < 4.78 is 15.9. The smallest absolute Gasteiger partial charge is 0.339 e. The number of rotatable bonds is 7. The number of carbonyl (C=O) groups excluding carboxylic acids is 3. The molecule has 9 heteroatoms. The molecule has 1 atom stereocenters. The molecule has 1 aromatic carbocycles. The summed E-state index contributed by atoms with van der Waals surface area (Å²) in [7, 11) is 0. The van der Waals surface area contributed by atoms with Crippen molar-refractivity contribution in [3.05, 3.63) is 46.8 Å². The molecule has 2 N–H and O–H groups in total. The Morgan fingerprint density at radius 3 is 2.64 bits per heavy atom. The third-order valence-corrected chi connectivity index (χ3v) is 3.86. The standard InChI is InChI=1S/C19H23N3O6/c1-5-20-19(25)21-17(23)13(4)27-18(24)14-7-6-8-15(9-14)26-10-16-11(2)22-28-12(16)3/h6-9,13H,5,10H2,1-4H3,(H2,20,21,23,25)/t13-/m1/s1. The van der Waals surface area contributed by atoms with Crippen LogP contribution in [0.3, 0.4) is 0 Å². The average Bonchev–Trinajstić information content (AvgIpc) is 2.98. The number of imide groups is 1. The van der Waals surface area contributed by atoms with Gasteiger partial charge in [-0.15, -0.1) is 0 Å². The number of esters is 1. The van der Waals surface area contributed by atoms with Crippen molar-refractivity contribution in [2.45, 2.75) is 40.4 Å². The lowest BCUT2D eigenvalue weighted by Crippen LogP contribution is -2.44. The molecule has 150 valence electrons. The highest BCUT2D eigenvalue weighted by Gasteiger charge is 2.21. The van der Waals surface area contributed by atoms with Gasteiger partial charge in [0.25, 0.3) is 5.91 Å². The highest BCUT2D eigenvalue weighted by molar-refractivity contribution is 5.98. The lowest BCUT2D eigenvalue weighted by molar-refractivity contribution is -0.127. The fourth-order valence-corrected chi connectivity index (χ4v) is 2.28. The van der Waals surface area contributed by atoms with E-state index in [0.29, 0.717) is 18.1 Å². The van der Waals surface area contributed by atoms with Gasteiger partial charge in [-0.25, -0.2) is 9.59 Å². The molecule has 28 heavy (non-hydrogen) atoms. The summed E-state index contributed by atoms with van der Waals surface area (Å²) in [6.45, 7) is 7.31. The van der Waals surface area contributed by atoms with Crippen LogP contribution in [0.1, 0.15) is 41.2 Å². The van der Waals surface area contributed by atoms with E-state index in [-0.39, 0.29) is 12.2 Å². The normalized spacial score (nSPS) is 11.4. The van der Waals surface area contributed by atoms with Gasteiger partial charge in [-0.05, 0) is 45.9 Å². The minimum absolute atomic E-state index is 0.217. The number of ether oxygens (including phenoxy) is 2. The Balaban J connectivity index is 1.95. The Labute approximate surface area is 162 Å². The van der Waals surface area contributed by atoms with Gasteiger partial charge in [-0.2, -0.15) is 0 Å². The Hall–Kier alpha value is -3.36. The van der Waals surface area contributed by atoms with Crippen LogP contribution in [-0.4, -0.2) is 35.7 Å². The highest BCUT2D eigenvalue weighted by atomic mass is 16.5. The molecule has 1 heterocycles. The SMILES string of the molecule is CCNC(=O)NC(=O)[C@@H](C)OC(=O)c1cccc(OCc2c(C)noc2C)c1. The van der Waals surface area contributed by atoms with E-state index in [1.54, 1.807) is 32.0 Å². The molecule has 0 aliphatic rings. The number of benzene rings is 1. The summed E-state index contributed by atoms with van der Waals surface area (Å²) in [6, 6.07) is 5.73. The number of amides is 3. The van der Waals surface area contributed by atoms with Crippen LogP contribution >= 0.6 is 0 Å². The van der Waals surface area contributed by atoms with Crippen LogP contribution in [0.2, 0.25) is 0 Å². The number of hydrogen-bond donors (Lipinski definition) is 2.